The first-order chi connectivity index (χ1) is 10.5. The molecule has 0 unspecified atom stereocenters. The molecule has 1 heterocycles. The number of carbonyl (C=O) groups excluding carboxylic acids is 2. The van der Waals surface area contributed by atoms with E-state index in [0.29, 0.717) is 15.6 Å². The van der Waals surface area contributed by atoms with Crippen molar-refractivity contribution < 1.29 is 9.59 Å². The predicted octanol–water partition coefficient (Wildman–Crippen LogP) is 3.67. The summed E-state index contributed by atoms with van der Waals surface area (Å²) in [5, 5.41) is 5.20. The molecule has 0 spiro atoms. The van der Waals surface area contributed by atoms with Gasteiger partial charge >= 0.3 is 0 Å². The van der Waals surface area contributed by atoms with Gasteiger partial charge in [-0.1, -0.05) is 41.3 Å². The molecule has 0 aliphatic heterocycles. The second kappa shape index (κ2) is 7.32. The molecule has 2 amide bonds. The van der Waals surface area contributed by atoms with Gasteiger partial charge in [0.2, 0.25) is 0 Å². The summed E-state index contributed by atoms with van der Waals surface area (Å²) in [6, 6.07) is 8.07. The third-order valence-corrected chi connectivity index (χ3v) is 4.16. The maximum Gasteiger partial charge on any atom is 0.258 e. The lowest BCUT2D eigenvalue weighted by molar-refractivity contribution is 0.0959. The minimum absolute atomic E-state index is 0.104. The van der Waals surface area contributed by atoms with E-state index in [2.05, 4.69) is 16.6 Å². The first-order valence-corrected chi connectivity index (χ1v) is 7.67. The van der Waals surface area contributed by atoms with Crippen LogP contribution in [0.25, 0.3) is 0 Å². The number of hydrogen-bond donors (Lipinski definition) is 2. The van der Waals surface area contributed by atoms with Gasteiger partial charge in [-0.25, -0.2) is 0 Å². The van der Waals surface area contributed by atoms with Crippen LogP contribution in [0.3, 0.4) is 0 Å². The fourth-order valence-corrected chi connectivity index (χ4v) is 3.16. The summed E-state index contributed by atoms with van der Waals surface area (Å²) in [4.78, 5) is 24.2. The molecule has 1 aromatic heterocycles. The first-order valence-electron chi connectivity index (χ1n) is 6.09. The van der Waals surface area contributed by atoms with E-state index in [9.17, 15) is 9.59 Å². The highest BCUT2D eigenvalue weighted by molar-refractivity contribution is 7.20. The monoisotopic (exact) mass is 352 g/mol. The van der Waals surface area contributed by atoms with Crippen molar-refractivity contribution >= 4 is 52.0 Å². The quantitative estimate of drug-likeness (QED) is 0.824. The summed E-state index contributed by atoms with van der Waals surface area (Å²) in [5.41, 5.74) is 0.930. The largest absolute Gasteiger partial charge is 0.341 e. The molecule has 2 rings (SSSR count). The van der Waals surface area contributed by atoms with Gasteiger partial charge < -0.3 is 10.6 Å². The van der Waals surface area contributed by atoms with Gasteiger partial charge in [0.1, 0.15) is 4.34 Å². The van der Waals surface area contributed by atoms with E-state index >= 15 is 0 Å². The summed E-state index contributed by atoms with van der Waals surface area (Å²) in [6.45, 7) is 0.104. The Labute approximate surface area is 141 Å². The van der Waals surface area contributed by atoms with Crippen molar-refractivity contribution in [3.05, 3.63) is 50.1 Å². The Morgan fingerprint density at radius 2 is 1.91 bits per heavy atom. The highest BCUT2D eigenvalue weighted by Crippen LogP contribution is 2.31. The van der Waals surface area contributed by atoms with Crippen LogP contribution in [0.1, 0.15) is 20.7 Å². The van der Waals surface area contributed by atoms with Crippen LogP contribution in [0.15, 0.2) is 30.3 Å². The van der Waals surface area contributed by atoms with Crippen LogP contribution < -0.4 is 10.6 Å². The number of para-hydroxylation sites is 1. The molecule has 2 aromatic rings. The van der Waals surface area contributed by atoms with Crippen molar-refractivity contribution in [1.82, 2.24) is 5.32 Å². The number of benzene rings is 1. The van der Waals surface area contributed by atoms with Gasteiger partial charge in [0, 0.05) is 0 Å². The van der Waals surface area contributed by atoms with Gasteiger partial charge in [0.15, 0.2) is 0 Å². The third kappa shape index (κ3) is 3.80. The van der Waals surface area contributed by atoms with Crippen molar-refractivity contribution in [2.45, 2.75) is 0 Å². The SMILES string of the molecule is C#CCNC(=O)c1ccccc1NC(=O)c1cc(Cl)sc1Cl. The lowest BCUT2D eigenvalue weighted by Gasteiger charge is -2.10. The summed E-state index contributed by atoms with van der Waals surface area (Å²) in [5.74, 6) is 1.50. The number of rotatable bonds is 4. The van der Waals surface area contributed by atoms with Crippen LogP contribution in [0.2, 0.25) is 8.67 Å². The van der Waals surface area contributed by atoms with Crippen molar-refractivity contribution in [1.29, 1.82) is 0 Å². The maximum absolute atomic E-state index is 12.2. The second-order valence-electron chi connectivity index (χ2n) is 4.12. The summed E-state index contributed by atoms with van der Waals surface area (Å²) in [7, 11) is 0. The number of thiophene rings is 1. The van der Waals surface area contributed by atoms with E-state index in [1.807, 2.05) is 0 Å². The Balaban J connectivity index is 2.23. The van der Waals surface area contributed by atoms with E-state index in [0.717, 1.165) is 11.3 Å². The van der Waals surface area contributed by atoms with Gasteiger partial charge in [0.25, 0.3) is 11.8 Å². The highest BCUT2D eigenvalue weighted by Gasteiger charge is 2.17. The van der Waals surface area contributed by atoms with Crippen molar-refractivity contribution in [3.63, 3.8) is 0 Å². The molecule has 0 fully saturated rings. The van der Waals surface area contributed by atoms with Crippen molar-refractivity contribution in [2.75, 3.05) is 11.9 Å². The molecule has 4 nitrogen and oxygen atoms in total. The lowest BCUT2D eigenvalue weighted by Crippen LogP contribution is -2.25. The Hall–Kier alpha value is -2.00. The normalized spacial score (nSPS) is 9.86. The van der Waals surface area contributed by atoms with E-state index < -0.39 is 5.91 Å². The number of terminal acetylenes is 1. The molecule has 112 valence electrons. The summed E-state index contributed by atoms with van der Waals surface area (Å²) in [6.07, 6.45) is 5.11. The summed E-state index contributed by atoms with van der Waals surface area (Å²) < 4.78 is 0.701. The van der Waals surface area contributed by atoms with Gasteiger partial charge in [-0.3, -0.25) is 9.59 Å². The molecular weight excluding hydrogens is 343 g/mol. The highest BCUT2D eigenvalue weighted by atomic mass is 35.5. The van der Waals surface area contributed by atoms with Crippen LogP contribution in [0.5, 0.6) is 0 Å². The Morgan fingerprint density at radius 3 is 2.55 bits per heavy atom. The molecule has 0 aliphatic rings. The van der Waals surface area contributed by atoms with Gasteiger partial charge in [-0.05, 0) is 18.2 Å². The minimum Gasteiger partial charge on any atom is -0.341 e. The number of hydrogen-bond acceptors (Lipinski definition) is 3. The average Bonchev–Trinajstić information content (AvgIpc) is 2.84. The van der Waals surface area contributed by atoms with Crippen LogP contribution in [-0.4, -0.2) is 18.4 Å². The molecule has 0 aliphatic carbocycles. The van der Waals surface area contributed by atoms with Crippen LogP contribution in [0, 0.1) is 12.3 Å². The lowest BCUT2D eigenvalue weighted by atomic mass is 10.1. The molecule has 22 heavy (non-hydrogen) atoms. The number of halogens is 2. The maximum atomic E-state index is 12.2. The van der Waals surface area contributed by atoms with Crippen LogP contribution in [0.4, 0.5) is 5.69 Å². The molecule has 1 aromatic carbocycles. The van der Waals surface area contributed by atoms with E-state index in [1.54, 1.807) is 24.3 Å². The number of carbonyl (C=O) groups is 2. The Kier molecular flexibility index (Phi) is 5.45. The topological polar surface area (TPSA) is 58.2 Å². The number of anilines is 1. The molecular formula is C15H10Cl2N2O2S. The molecule has 0 saturated carbocycles. The second-order valence-corrected chi connectivity index (χ2v) is 6.41. The molecule has 2 N–H and O–H groups in total. The molecule has 0 saturated heterocycles. The molecule has 0 radical (unpaired) electrons. The standard InChI is InChI=1S/C15H10Cl2N2O2S/c1-2-7-18-14(20)9-5-3-4-6-11(9)19-15(21)10-8-12(16)22-13(10)17/h1,3-6,8H,7H2,(H,18,20)(H,19,21). The van der Waals surface area contributed by atoms with Gasteiger partial charge in [-0.2, -0.15) is 0 Å². The fraction of sp³-hybridized carbons (Fsp3) is 0.0667. The van der Waals surface area contributed by atoms with E-state index in [-0.39, 0.29) is 22.4 Å². The van der Waals surface area contributed by atoms with Crippen molar-refractivity contribution in [2.24, 2.45) is 0 Å². The first kappa shape index (κ1) is 16.4. The van der Waals surface area contributed by atoms with Gasteiger partial charge in [0.05, 0.1) is 27.7 Å². The zero-order chi connectivity index (χ0) is 16.1. The minimum atomic E-state index is -0.439. The van der Waals surface area contributed by atoms with Crippen molar-refractivity contribution in [3.8, 4) is 12.3 Å². The van der Waals surface area contributed by atoms with E-state index in [4.69, 9.17) is 29.6 Å². The van der Waals surface area contributed by atoms with Crippen LogP contribution >= 0.6 is 34.5 Å². The average molecular weight is 353 g/mol. The van der Waals surface area contributed by atoms with Crippen LogP contribution in [-0.2, 0) is 0 Å². The zero-order valence-electron chi connectivity index (χ0n) is 11.2. The number of amides is 2. The molecule has 0 atom stereocenters. The smallest absolute Gasteiger partial charge is 0.258 e. The fourth-order valence-electron chi connectivity index (χ4n) is 1.70. The molecule has 7 heteroatoms. The zero-order valence-corrected chi connectivity index (χ0v) is 13.5. The van der Waals surface area contributed by atoms with Gasteiger partial charge in [-0.15, -0.1) is 17.8 Å². The van der Waals surface area contributed by atoms with E-state index in [1.165, 1.54) is 6.07 Å². The Morgan fingerprint density at radius 1 is 1.18 bits per heavy atom. The summed E-state index contributed by atoms with van der Waals surface area (Å²) >= 11 is 12.9. The third-order valence-electron chi connectivity index (χ3n) is 2.67. The predicted molar refractivity (Wildman–Crippen MR) is 89.9 cm³/mol. The molecule has 0 bridgehead atoms. The Bertz CT molecular complexity index is 765. The number of nitrogens with one attached hydrogen (secondary N) is 2.